The van der Waals surface area contributed by atoms with Crippen molar-refractivity contribution in [3.63, 3.8) is 0 Å². The second-order valence-corrected chi connectivity index (χ2v) is 2.12. The molecule has 2 atom stereocenters. The van der Waals surface area contributed by atoms with Gasteiger partial charge in [-0.15, -0.1) is 0 Å². The molecule has 0 bridgehead atoms. The molecule has 1 fully saturated rings. The fourth-order valence-corrected chi connectivity index (χ4v) is 0.758. The first-order valence-electron chi connectivity index (χ1n) is 2.60. The Labute approximate surface area is 42.8 Å². The fourth-order valence-electron chi connectivity index (χ4n) is 0.758. The molecule has 0 aliphatic heterocycles. The molecular formula is C5H10O2. The normalized spacial score (nSPS) is 38.6. The van der Waals surface area contributed by atoms with E-state index in [9.17, 15) is 0 Å². The first-order chi connectivity index (χ1) is 3.38. The van der Waals surface area contributed by atoms with Crippen molar-refractivity contribution < 1.29 is 10.2 Å². The number of hydrogen-bond donors (Lipinski definition) is 2. The summed E-state index contributed by atoms with van der Waals surface area (Å²) < 4.78 is 0. The summed E-state index contributed by atoms with van der Waals surface area (Å²) in [4.78, 5) is 0. The van der Waals surface area contributed by atoms with Crippen molar-refractivity contribution in [2.45, 2.75) is 6.42 Å². The average Bonchev–Trinajstić information content (AvgIpc) is 2.43. The van der Waals surface area contributed by atoms with Crippen LogP contribution in [0.3, 0.4) is 0 Å². The minimum atomic E-state index is 0.255. The molecule has 0 radical (unpaired) electrons. The predicted molar refractivity (Wildman–Crippen MR) is 25.8 cm³/mol. The molecule has 7 heavy (non-hydrogen) atoms. The summed E-state index contributed by atoms with van der Waals surface area (Å²) in [5.74, 6) is 0.843. The number of rotatable bonds is 2. The lowest BCUT2D eigenvalue weighted by molar-refractivity contribution is 0.232. The number of aliphatic hydroxyl groups is 2. The van der Waals surface area contributed by atoms with Gasteiger partial charge in [-0.3, -0.25) is 0 Å². The summed E-state index contributed by atoms with van der Waals surface area (Å²) in [6, 6.07) is 0. The van der Waals surface area contributed by atoms with Crippen molar-refractivity contribution in [3.8, 4) is 0 Å². The van der Waals surface area contributed by atoms with Crippen LogP contribution >= 0.6 is 0 Å². The van der Waals surface area contributed by atoms with Gasteiger partial charge in [0.05, 0.1) is 0 Å². The molecule has 1 rings (SSSR count). The van der Waals surface area contributed by atoms with Gasteiger partial charge < -0.3 is 10.2 Å². The molecule has 2 heteroatoms. The van der Waals surface area contributed by atoms with Crippen molar-refractivity contribution >= 4 is 0 Å². The topological polar surface area (TPSA) is 40.5 Å². The molecular weight excluding hydrogens is 92.1 g/mol. The van der Waals surface area contributed by atoms with Gasteiger partial charge in [0, 0.05) is 13.2 Å². The van der Waals surface area contributed by atoms with E-state index in [0.717, 1.165) is 6.42 Å². The van der Waals surface area contributed by atoms with E-state index in [-0.39, 0.29) is 13.2 Å². The zero-order valence-electron chi connectivity index (χ0n) is 4.17. The molecule has 1 saturated carbocycles. The molecule has 0 heterocycles. The number of aliphatic hydroxyl groups excluding tert-OH is 2. The Morgan fingerprint density at radius 2 is 1.57 bits per heavy atom. The zero-order valence-corrected chi connectivity index (χ0v) is 4.17. The highest BCUT2D eigenvalue weighted by atomic mass is 16.3. The van der Waals surface area contributed by atoms with Crippen molar-refractivity contribution in [2.75, 3.05) is 13.2 Å². The average molecular weight is 102 g/mol. The van der Waals surface area contributed by atoms with Gasteiger partial charge in [-0.2, -0.15) is 0 Å². The van der Waals surface area contributed by atoms with Crippen molar-refractivity contribution in [1.29, 1.82) is 0 Å². The maximum absolute atomic E-state index is 8.40. The maximum atomic E-state index is 8.40. The third-order valence-corrected chi connectivity index (χ3v) is 1.54. The molecule has 1 unspecified atom stereocenters. The third kappa shape index (κ3) is 0.924. The van der Waals surface area contributed by atoms with Gasteiger partial charge in [0.15, 0.2) is 0 Å². The molecule has 2 N–H and O–H groups in total. The summed E-state index contributed by atoms with van der Waals surface area (Å²) in [6.07, 6.45) is 1.02. The first-order valence-corrected chi connectivity index (χ1v) is 2.60. The fraction of sp³-hybridized carbons (Fsp3) is 1.00. The molecule has 0 aromatic heterocycles. The molecule has 0 spiro atoms. The van der Waals surface area contributed by atoms with Crippen LogP contribution in [-0.4, -0.2) is 23.4 Å². The summed E-state index contributed by atoms with van der Waals surface area (Å²) >= 11 is 0. The Hall–Kier alpha value is -0.0800. The van der Waals surface area contributed by atoms with E-state index in [1.54, 1.807) is 0 Å². The third-order valence-electron chi connectivity index (χ3n) is 1.54. The van der Waals surface area contributed by atoms with Gasteiger partial charge in [0.1, 0.15) is 0 Å². The van der Waals surface area contributed by atoms with Crippen LogP contribution in [0.2, 0.25) is 0 Å². The predicted octanol–water partition coefficient (Wildman–Crippen LogP) is -0.393. The minimum absolute atomic E-state index is 0.255. The van der Waals surface area contributed by atoms with Crippen molar-refractivity contribution in [1.82, 2.24) is 0 Å². The van der Waals surface area contributed by atoms with Gasteiger partial charge in [0.2, 0.25) is 0 Å². The van der Waals surface area contributed by atoms with E-state index in [4.69, 9.17) is 10.2 Å². The van der Waals surface area contributed by atoms with Gasteiger partial charge in [-0.05, 0) is 18.3 Å². The monoisotopic (exact) mass is 102 g/mol. The van der Waals surface area contributed by atoms with Gasteiger partial charge >= 0.3 is 0 Å². The van der Waals surface area contributed by atoms with E-state index in [1.807, 2.05) is 0 Å². The van der Waals surface area contributed by atoms with Crippen LogP contribution in [0.1, 0.15) is 6.42 Å². The van der Waals surface area contributed by atoms with Crippen LogP contribution in [0.5, 0.6) is 0 Å². The standard InChI is InChI=1S/C5H10O2/c6-2-4-1-5(4)3-7/h4-7H,1-3H2/t4-,5?/m1/s1. The summed E-state index contributed by atoms with van der Waals surface area (Å²) in [7, 11) is 0. The van der Waals surface area contributed by atoms with Gasteiger partial charge in [0.25, 0.3) is 0 Å². The van der Waals surface area contributed by atoms with Gasteiger partial charge in [-0.1, -0.05) is 0 Å². The van der Waals surface area contributed by atoms with E-state index >= 15 is 0 Å². The molecule has 1 aliphatic rings. The van der Waals surface area contributed by atoms with E-state index in [1.165, 1.54) is 0 Å². The Kier molecular flexibility index (Phi) is 1.30. The van der Waals surface area contributed by atoms with Gasteiger partial charge in [-0.25, -0.2) is 0 Å². The van der Waals surface area contributed by atoms with Crippen LogP contribution in [0.25, 0.3) is 0 Å². The largest absolute Gasteiger partial charge is 0.396 e. The molecule has 0 aromatic rings. The van der Waals surface area contributed by atoms with E-state index in [0.29, 0.717) is 11.8 Å². The summed E-state index contributed by atoms with van der Waals surface area (Å²) in [6.45, 7) is 0.510. The molecule has 0 amide bonds. The highest BCUT2D eigenvalue weighted by Gasteiger charge is 2.35. The lowest BCUT2D eigenvalue weighted by Crippen LogP contribution is -1.91. The van der Waals surface area contributed by atoms with Crippen molar-refractivity contribution in [2.24, 2.45) is 11.8 Å². The molecule has 2 nitrogen and oxygen atoms in total. The Bertz CT molecular complexity index is 55.1. The quantitative estimate of drug-likeness (QED) is 0.498. The summed E-state index contributed by atoms with van der Waals surface area (Å²) in [5.41, 5.74) is 0. The number of hydrogen-bond acceptors (Lipinski definition) is 2. The van der Waals surface area contributed by atoms with Crippen LogP contribution < -0.4 is 0 Å². The van der Waals surface area contributed by atoms with Crippen LogP contribution in [0.15, 0.2) is 0 Å². The second-order valence-electron chi connectivity index (χ2n) is 2.12. The van der Waals surface area contributed by atoms with Crippen LogP contribution in [-0.2, 0) is 0 Å². The molecule has 1 aliphatic carbocycles. The minimum Gasteiger partial charge on any atom is -0.396 e. The van der Waals surface area contributed by atoms with E-state index < -0.39 is 0 Å². The van der Waals surface area contributed by atoms with E-state index in [2.05, 4.69) is 0 Å². The first kappa shape index (κ1) is 5.06. The lowest BCUT2D eigenvalue weighted by Gasteiger charge is -1.84. The Balaban J connectivity index is 2.06. The Morgan fingerprint density at radius 3 is 1.71 bits per heavy atom. The SMILES string of the molecule is OCC1C[C@@H]1CO. The zero-order chi connectivity index (χ0) is 5.28. The summed E-state index contributed by atoms with van der Waals surface area (Å²) in [5, 5.41) is 16.8. The van der Waals surface area contributed by atoms with Crippen molar-refractivity contribution in [3.05, 3.63) is 0 Å². The molecule has 0 saturated heterocycles. The smallest absolute Gasteiger partial charge is 0.0462 e. The second kappa shape index (κ2) is 1.80. The lowest BCUT2D eigenvalue weighted by atomic mass is 10.3. The highest BCUT2D eigenvalue weighted by molar-refractivity contribution is 4.84. The molecule has 0 aromatic carbocycles. The molecule has 42 valence electrons. The maximum Gasteiger partial charge on any atom is 0.0462 e. The Morgan fingerprint density at radius 1 is 1.14 bits per heavy atom. The van der Waals surface area contributed by atoms with Crippen LogP contribution in [0.4, 0.5) is 0 Å². The van der Waals surface area contributed by atoms with Crippen LogP contribution in [0, 0.1) is 11.8 Å². The highest BCUT2D eigenvalue weighted by Crippen LogP contribution is 2.36.